The van der Waals surface area contributed by atoms with Gasteiger partial charge in [0.25, 0.3) is 0 Å². The molecule has 3 aromatic rings. The van der Waals surface area contributed by atoms with Crippen LogP contribution in [0.2, 0.25) is 0 Å². The lowest BCUT2D eigenvalue weighted by Crippen LogP contribution is -2.24. The zero-order valence-corrected chi connectivity index (χ0v) is 17.6. The molecule has 1 amide bonds. The van der Waals surface area contributed by atoms with Crippen LogP contribution in [0.1, 0.15) is 43.2 Å². The smallest absolute Gasteiger partial charge is 0.407 e. The zero-order valence-electron chi connectivity index (χ0n) is 17.6. The third-order valence-corrected chi connectivity index (χ3v) is 4.56. The van der Waals surface area contributed by atoms with Crippen LogP contribution >= 0.6 is 0 Å². The molecule has 0 bridgehead atoms. The molecule has 2 N–H and O–H groups in total. The third-order valence-electron chi connectivity index (χ3n) is 4.56. The molecule has 0 aliphatic carbocycles. The number of fused-ring (bicyclic) bond motifs is 1. The van der Waals surface area contributed by atoms with Crippen molar-refractivity contribution in [2.75, 3.05) is 0 Å². The van der Waals surface area contributed by atoms with Crippen molar-refractivity contribution in [1.82, 2.24) is 10.3 Å². The number of carbonyl (C=O) groups excluding carboxylic acids is 1. The summed E-state index contributed by atoms with van der Waals surface area (Å²) in [7, 11) is 0. The number of nitrogens with zero attached hydrogens (tertiary/aromatic N) is 1. The average molecular weight is 422 g/mol. The van der Waals surface area contributed by atoms with Crippen molar-refractivity contribution >= 4 is 23.0 Å². The number of aliphatic carboxylic acids is 1. The molecule has 1 atom stereocenters. The molecule has 2 aromatic carbocycles. The van der Waals surface area contributed by atoms with E-state index in [-0.39, 0.29) is 25.7 Å². The van der Waals surface area contributed by atoms with Gasteiger partial charge >= 0.3 is 12.1 Å². The van der Waals surface area contributed by atoms with Crippen molar-refractivity contribution in [3.05, 3.63) is 77.5 Å². The monoisotopic (exact) mass is 422 g/mol. The summed E-state index contributed by atoms with van der Waals surface area (Å²) >= 11 is 0. The Morgan fingerprint density at radius 3 is 2.65 bits per heavy atom. The molecule has 31 heavy (non-hydrogen) atoms. The molecule has 0 spiro atoms. The van der Waals surface area contributed by atoms with Crippen molar-refractivity contribution in [2.24, 2.45) is 0 Å². The van der Waals surface area contributed by atoms with Gasteiger partial charge in [0.1, 0.15) is 6.61 Å². The Labute approximate surface area is 181 Å². The van der Waals surface area contributed by atoms with Crippen molar-refractivity contribution in [3.63, 3.8) is 0 Å². The highest BCUT2D eigenvalue weighted by Gasteiger charge is 2.18. The number of carboxylic acids is 1. The number of hydrogen-bond donors (Lipinski definition) is 2. The van der Waals surface area contributed by atoms with Crippen LogP contribution in [0.3, 0.4) is 0 Å². The summed E-state index contributed by atoms with van der Waals surface area (Å²) in [4.78, 5) is 27.7. The molecule has 0 saturated heterocycles. The van der Waals surface area contributed by atoms with Gasteiger partial charge in [-0.2, -0.15) is 0 Å². The van der Waals surface area contributed by atoms with Crippen molar-refractivity contribution < 1.29 is 24.2 Å². The maximum atomic E-state index is 12.1. The van der Waals surface area contributed by atoms with E-state index in [0.29, 0.717) is 5.69 Å². The summed E-state index contributed by atoms with van der Waals surface area (Å²) in [5, 5.41) is 12.9. The minimum absolute atomic E-state index is 0.0691. The first kappa shape index (κ1) is 22.2. The second kappa shape index (κ2) is 10.5. The first-order chi connectivity index (χ1) is 14.9. The average Bonchev–Trinajstić information content (AvgIpc) is 2.75. The number of amides is 1. The summed E-state index contributed by atoms with van der Waals surface area (Å²) < 4.78 is 11.0. The van der Waals surface area contributed by atoms with Crippen molar-refractivity contribution in [1.29, 1.82) is 0 Å². The van der Waals surface area contributed by atoms with Crippen LogP contribution < -0.4 is 5.32 Å². The number of carboxylic acid groups (broad SMARTS) is 1. The molecule has 0 aliphatic rings. The largest absolute Gasteiger partial charge is 0.481 e. The summed E-state index contributed by atoms with van der Waals surface area (Å²) in [6, 6.07) is 18.8. The topological polar surface area (TPSA) is 97.8 Å². The van der Waals surface area contributed by atoms with Gasteiger partial charge < -0.3 is 19.9 Å². The Balaban J connectivity index is 1.55. The molecular formula is C24H26N2O5. The molecule has 1 heterocycles. The number of hydrogen-bond acceptors (Lipinski definition) is 5. The van der Waals surface area contributed by atoms with Gasteiger partial charge in [0.2, 0.25) is 0 Å². The fourth-order valence-corrected chi connectivity index (χ4v) is 3.19. The van der Waals surface area contributed by atoms with Gasteiger partial charge in [0, 0.05) is 11.9 Å². The number of aromatic nitrogens is 1. The van der Waals surface area contributed by atoms with E-state index in [9.17, 15) is 9.59 Å². The molecule has 3 rings (SSSR count). The predicted molar refractivity (Wildman–Crippen MR) is 116 cm³/mol. The van der Waals surface area contributed by atoms with Gasteiger partial charge in [-0.25, -0.2) is 9.78 Å². The number of ether oxygens (including phenoxy) is 2. The number of para-hydroxylation sites is 1. The molecule has 0 radical (unpaired) electrons. The summed E-state index contributed by atoms with van der Waals surface area (Å²) in [5.41, 5.74) is 3.09. The highest BCUT2D eigenvalue weighted by Crippen LogP contribution is 2.24. The van der Waals surface area contributed by atoms with E-state index >= 15 is 0 Å². The van der Waals surface area contributed by atoms with Crippen molar-refractivity contribution in [3.8, 4) is 0 Å². The summed E-state index contributed by atoms with van der Waals surface area (Å²) in [6.45, 7) is 4.04. The van der Waals surface area contributed by atoms with E-state index < -0.39 is 18.2 Å². The Kier molecular flexibility index (Phi) is 7.56. The van der Waals surface area contributed by atoms with E-state index in [4.69, 9.17) is 14.6 Å². The molecular weight excluding hydrogens is 396 g/mol. The van der Waals surface area contributed by atoms with E-state index in [0.717, 1.165) is 22.0 Å². The van der Waals surface area contributed by atoms with Crippen LogP contribution in [-0.2, 0) is 27.4 Å². The fourth-order valence-electron chi connectivity index (χ4n) is 3.19. The van der Waals surface area contributed by atoms with E-state index in [1.165, 1.54) is 0 Å². The maximum absolute atomic E-state index is 12.1. The van der Waals surface area contributed by atoms with Crippen LogP contribution in [0.15, 0.2) is 60.7 Å². The standard InChI is InChI=1S/C24H26N2O5/c1-16(2)31-22(13-23(27)28)19-8-5-6-17(12-19)14-25-24(29)30-15-20-11-10-18-7-3-4-9-21(18)26-20/h3-12,16,22H,13-15H2,1-2H3,(H,25,29)(H,27,28)/t22-/m0/s1. The third kappa shape index (κ3) is 6.79. The molecule has 7 nitrogen and oxygen atoms in total. The van der Waals surface area contributed by atoms with Crippen molar-refractivity contribution in [2.45, 2.75) is 45.6 Å². The Morgan fingerprint density at radius 2 is 1.87 bits per heavy atom. The van der Waals surface area contributed by atoms with Gasteiger partial charge in [-0.1, -0.05) is 48.5 Å². The Morgan fingerprint density at radius 1 is 1.06 bits per heavy atom. The van der Waals surface area contributed by atoms with Gasteiger partial charge in [-0.15, -0.1) is 0 Å². The Hall–Kier alpha value is -3.45. The quantitative estimate of drug-likeness (QED) is 0.523. The summed E-state index contributed by atoms with van der Waals surface area (Å²) in [5.74, 6) is -0.931. The SMILES string of the molecule is CC(C)O[C@@H](CC(=O)O)c1cccc(CNC(=O)OCc2ccc3ccccc3n2)c1. The molecule has 0 saturated carbocycles. The lowest BCUT2D eigenvalue weighted by Gasteiger charge is -2.20. The van der Waals surface area contributed by atoms with Gasteiger partial charge in [0.05, 0.1) is 29.8 Å². The molecule has 7 heteroatoms. The van der Waals surface area contributed by atoms with Crippen LogP contribution in [-0.4, -0.2) is 28.3 Å². The molecule has 0 fully saturated rings. The minimum Gasteiger partial charge on any atom is -0.481 e. The van der Waals surface area contributed by atoms with Gasteiger partial charge in [-0.3, -0.25) is 4.79 Å². The molecule has 0 aliphatic heterocycles. The van der Waals surface area contributed by atoms with E-state index in [1.807, 2.05) is 74.5 Å². The maximum Gasteiger partial charge on any atom is 0.407 e. The Bertz CT molecular complexity index is 1050. The number of nitrogens with one attached hydrogen (secondary N) is 1. The second-order valence-electron chi connectivity index (χ2n) is 7.44. The lowest BCUT2D eigenvalue weighted by atomic mass is 10.0. The second-order valence-corrected chi connectivity index (χ2v) is 7.44. The highest BCUT2D eigenvalue weighted by molar-refractivity contribution is 5.78. The van der Waals surface area contributed by atoms with Gasteiger partial charge in [-0.05, 0) is 37.1 Å². The number of carbonyl (C=O) groups is 2. The molecule has 162 valence electrons. The fraction of sp³-hybridized carbons (Fsp3) is 0.292. The predicted octanol–water partition coefficient (Wildman–Crippen LogP) is 4.60. The lowest BCUT2D eigenvalue weighted by molar-refractivity contribution is -0.141. The highest BCUT2D eigenvalue weighted by atomic mass is 16.5. The molecule has 1 aromatic heterocycles. The van der Waals surface area contributed by atoms with E-state index in [2.05, 4.69) is 10.3 Å². The van der Waals surface area contributed by atoms with Crippen LogP contribution in [0.4, 0.5) is 4.79 Å². The zero-order chi connectivity index (χ0) is 22.2. The number of rotatable bonds is 9. The van der Waals surface area contributed by atoms with E-state index in [1.54, 1.807) is 0 Å². The van der Waals surface area contributed by atoms with Crippen LogP contribution in [0.5, 0.6) is 0 Å². The molecule has 0 unspecified atom stereocenters. The number of alkyl carbamates (subject to hydrolysis) is 1. The minimum atomic E-state index is -0.931. The number of benzene rings is 2. The van der Waals surface area contributed by atoms with Gasteiger partial charge in [0.15, 0.2) is 0 Å². The normalized spacial score (nSPS) is 12.0. The number of pyridine rings is 1. The van der Waals surface area contributed by atoms with Crippen LogP contribution in [0.25, 0.3) is 10.9 Å². The van der Waals surface area contributed by atoms with Crippen LogP contribution in [0, 0.1) is 0 Å². The first-order valence-corrected chi connectivity index (χ1v) is 10.1. The first-order valence-electron chi connectivity index (χ1n) is 10.1. The summed E-state index contributed by atoms with van der Waals surface area (Å²) in [6.07, 6.45) is -1.34.